The zero-order valence-corrected chi connectivity index (χ0v) is 19.0. The van der Waals surface area contributed by atoms with Crippen LogP contribution in [0.1, 0.15) is 18.0 Å². The van der Waals surface area contributed by atoms with Gasteiger partial charge < -0.3 is 9.47 Å². The first-order chi connectivity index (χ1) is 16.1. The van der Waals surface area contributed by atoms with Gasteiger partial charge in [0.1, 0.15) is 6.04 Å². The Bertz CT molecular complexity index is 1460. The van der Waals surface area contributed by atoms with Crippen LogP contribution in [0.25, 0.3) is 10.9 Å². The first-order valence-corrected chi connectivity index (χ1v) is 12.5. The lowest BCUT2D eigenvalue weighted by molar-refractivity contribution is -0.137. The molecule has 1 atom stereocenters. The summed E-state index contributed by atoms with van der Waals surface area (Å²) in [4.78, 5) is 18.6. The number of nitrogens with zero attached hydrogens (tertiary/aromatic N) is 3. The second kappa shape index (κ2) is 8.13. The van der Waals surface area contributed by atoms with E-state index >= 15 is 0 Å². The largest absolute Gasteiger partial charge is 0.416 e. The molecule has 1 fully saturated rings. The van der Waals surface area contributed by atoms with Crippen LogP contribution in [0.3, 0.4) is 0 Å². The Kier molecular flexibility index (Phi) is 5.36. The maximum atomic E-state index is 13.2. The summed E-state index contributed by atoms with van der Waals surface area (Å²) in [5, 5.41) is 2.50. The number of nitrogens with one attached hydrogen (secondary N) is 1. The van der Waals surface area contributed by atoms with Gasteiger partial charge in [-0.05, 0) is 54.3 Å². The quantitative estimate of drug-likeness (QED) is 0.418. The lowest BCUT2D eigenvalue weighted by Gasteiger charge is -2.18. The second-order valence-electron chi connectivity index (χ2n) is 7.73. The number of sulfonamides is 1. The van der Waals surface area contributed by atoms with E-state index in [1.807, 2.05) is 0 Å². The fraction of sp³-hybridized carbons (Fsp3) is 0.182. The van der Waals surface area contributed by atoms with Crippen molar-refractivity contribution in [3.63, 3.8) is 0 Å². The fourth-order valence-corrected chi connectivity index (χ4v) is 5.82. The van der Waals surface area contributed by atoms with E-state index < -0.39 is 27.8 Å². The molecule has 1 aliphatic heterocycles. The maximum absolute atomic E-state index is 13.2. The summed E-state index contributed by atoms with van der Waals surface area (Å²) >= 11 is 1.15. The smallest absolute Gasteiger partial charge is 0.335 e. The van der Waals surface area contributed by atoms with Crippen molar-refractivity contribution in [3.8, 4) is 0 Å². The Hall–Kier alpha value is -3.38. The van der Waals surface area contributed by atoms with Crippen LogP contribution < -0.4 is 9.62 Å². The van der Waals surface area contributed by atoms with E-state index in [1.54, 1.807) is 22.2 Å². The number of aromatic nitrogens is 2. The lowest BCUT2D eigenvalue weighted by atomic mass is 10.1. The zero-order chi connectivity index (χ0) is 24.1. The van der Waals surface area contributed by atoms with Gasteiger partial charge in [0.15, 0.2) is 5.13 Å². The van der Waals surface area contributed by atoms with E-state index in [2.05, 4.69) is 9.71 Å². The highest BCUT2D eigenvalue weighted by atomic mass is 32.2. The SMILES string of the molecule is O=C1[C@@H](n2ccc3ccc(C(F)(F)F)cc32)CCN1c1ccc(S(=O)(=O)Nc2nccs2)cc1. The molecule has 0 radical (unpaired) electrons. The van der Waals surface area contributed by atoms with Gasteiger partial charge in [0, 0.05) is 35.5 Å². The predicted octanol–water partition coefficient (Wildman–Crippen LogP) is 4.90. The Balaban J connectivity index is 1.38. The molecule has 2 aromatic carbocycles. The molecule has 4 aromatic rings. The van der Waals surface area contributed by atoms with Crippen LogP contribution in [-0.4, -0.2) is 30.4 Å². The molecule has 2 aromatic heterocycles. The second-order valence-corrected chi connectivity index (χ2v) is 10.3. The number of benzene rings is 2. The average molecular weight is 507 g/mol. The van der Waals surface area contributed by atoms with E-state index in [9.17, 15) is 26.4 Å². The summed E-state index contributed by atoms with van der Waals surface area (Å²) in [5.41, 5.74) is 0.0725. The van der Waals surface area contributed by atoms with Gasteiger partial charge in [-0.2, -0.15) is 13.2 Å². The number of thiazole rings is 1. The Labute approximate surface area is 196 Å². The number of alkyl halides is 3. The number of hydrogen-bond donors (Lipinski definition) is 1. The highest BCUT2D eigenvalue weighted by molar-refractivity contribution is 7.93. The minimum atomic E-state index is -4.48. The van der Waals surface area contributed by atoms with Gasteiger partial charge >= 0.3 is 6.18 Å². The van der Waals surface area contributed by atoms with Crippen LogP contribution in [0, 0.1) is 0 Å². The monoisotopic (exact) mass is 506 g/mol. The van der Waals surface area contributed by atoms with E-state index in [-0.39, 0.29) is 15.9 Å². The first-order valence-electron chi connectivity index (χ1n) is 10.1. The van der Waals surface area contributed by atoms with Gasteiger partial charge in [-0.3, -0.25) is 9.52 Å². The van der Waals surface area contributed by atoms with Crippen molar-refractivity contribution >= 4 is 49.0 Å². The molecule has 0 aliphatic carbocycles. The summed E-state index contributed by atoms with van der Waals surface area (Å²) in [6.45, 7) is 0.353. The molecule has 0 bridgehead atoms. The van der Waals surface area contributed by atoms with Crippen molar-refractivity contribution in [2.24, 2.45) is 0 Å². The first kappa shape index (κ1) is 22.4. The minimum absolute atomic E-state index is 0.0192. The molecule has 3 heterocycles. The standard InChI is InChI=1S/C22H17F3N4O3S2/c23-22(24,25)15-2-1-14-7-10-29(19(14)13-15)18-8-11-28(20(18)30)16-3-5-17(6-4-16)34(31,32)27-21-26-9-12-33-21/h1-7,9-10,12-13,18H,8,11H2,(H,26,27)/t18-/m0/s1. The highest BCUT2D eigenvalue weighted by Gasteiger charge is 2.35. The molecule has 5 rings (SSSR count). The summed E-state index contributed by atoms with van der Waals surface area (Å²) < 4.78 is 68.5. The number of carbonyl (C=O) groups is 1. The van der Waals surface area contributed by atoms with Crippen LogP contribution >= 0.6 is 11.3 Å². The number of halogens is 3. The van der Waals surface area contributed by atoms with Crippen LogP contribution in [0.15, 0.2) is 71.2 Å². The van der Waals surface area contributed by atoms with Crippen LogP contribution in [0.5, 0.6) is 0 Å². The van der Waals surface area contributed by atoms with Crippen molar-refractivity contribution in [2.45, 2.75) is 23.5 Å². The zero-order valence-electron chi connectivity index (χ0n) is 17.4. The van der Waals surface area contributed by atoms with Crippen molar-refractivity contribution in [2.75, 3.05) is 16.2 Å². The topological polar surface area (TPSA) is 84.3 Å². The number of fused-ring (bicyclic) bond motifs is 1. The predicted molar refractivity (Wildman–Crippen MR) is 122 cm³/mol. The maximum Gasteiger partial charge on any atom is 0.416 e. The summed E-state index contributed by atoms with van der Waals surface area (Å²) in [7, 11) is -3.83. The Morgan fingerprint density at radius 2 is 1.85 bits per heavy atom. The van der Waals surface area contributed by atoms with Crippen molar-refractivity contribution in [3.05, 3.63) is 71.9 Å². The molecule has 0 unspecified atom stereocenters. The molecule has 176 valence electrons. The van der Waals surface area contributed by atoms with E-state index in [0.29, 0.717) is 29.6 Å². The van der Waals surface area contributed by atoms with Crippen LogP contribution in [-0.2, 0) is 21.0 Å². The molecule has 0 saturated carbocycles. The molecule has 12 heteroatoms. The summed E-state index contributed by atoms with van der Waals surface area (Å²) in [6, 6.07) is 10.4. The lowest BCUT2D eigenvalue weighted by Crippen LogP contribution is -2.28. The molecule has 7 nitrogen and oxygen atoms in total. The minimum Gasteiger partial charge on any atom is -0.335 e. The normalized spacial score (nSPS) is 17.0. The third-order valence-corrected chi connectivity index (χ3v) is 7.85. The molecular weight excluding hydrogens is 489 g/mol. The molecule has 1 saturated heterocycles. The number of anilines is 2. The van der Waals surface area contributed by atoms with E-state index in [1.165, 1.54) is 41.4 Å². The fourth-order valence-electron chi connectivity index (χ4n) is 4.03. The van der Waals surface area contributed by atoms with Gasteiger partial charge in [-0.1, -0.05) is 6.07 Å². The van der Waals surface area contributed by atoms with Gasteiger partial charge in [0.05, 0.1) is 10.5 Å². The van der Waals surface area contributed by atoms with Gasteiger partial charge in [0.25, 0.3) is 10.0 Å². The van der Waals surface area contributed by atoms with Crippen molar-refractivity contribution < 1.29 is 26.4 Å². The molecular formula is C22H17F3N4O3S2. The van der Waals surface area contributed by atoms with E-state index in [4.69, 9.17) is 0 Å². The molecule has 1 amide bonds. The molecule has 34 heavy (non-hydrogen) atoms. The van der Waals surface area contributed by atoms with Crippen molar-refractivity contribution in [1.29, 1.82) is 0 Å². The summed E-state index contributed by atoms with van der Waals surface area (Å²) in [5.74, 6) is -0.272. The molecule has 0 spiro atoms. The number of carbonyl (C=O) groups excluding carboxylic acids is 1. The summed E-state index contributed by atoms with van der Waals surface area (Å²) in [6.07, 6.45) is -0.966. The van der Waals surface area contributed by atoms with Crippen LogP contribution in [0.4, 0.5) is 24.0 Å². The van der Waals surface area contributed by atoms with Crippen LogP contribution in [0.2, 0.25) is 0 Å². The van der Waals surface area contributed by atoms with Crippen molar-refractivity contribution in [1.82, 2.24) is 9.55 Å². The average Bonchev–Trinajstić information content (AvgIpc) is 3.52. The van der Waals surface area contributed by atoms with Gasteiger partial charge in [-0.25, -0.2) is 13.4 Å². The third-order valence-electron chi connectivity index (χ3n) is 5.68. The number of hydrogen-bond acceptors (Lipinski definition) is 5. The third kappa shape index (κ3) is 4.03. The highest BCUT2D eigenvalue weighted by Crippen LogP contribution is 2.35. The molecule has 1 N–H and O–H groups in total. The van der Waals surface area contributed by atoms with E-state index in [0.717, 1.165) is 23.5 Å². The Morgan fingerprint density at radius 1 is 1.09 bits per heavy atom. The van der Waals surface area contributed by atoms with Gasteiger partial charge in [-0.15, -0.1) is 11.3 Å². The molecule has 1 aliphatic rings. The number of amides is 1. The Morgan fingerprint density at radius 3 is 2.53 bits per heavy atom. The van der Waals surface area contributed by atoms with Gasteiger partial charge in [0.2, 0.25) is 5.91 Å². The number of rotatable bonds is 5.